The molecular formula is C41H28BFN2S2. The van der Waals surface area contributed by atoms with Gasteiger partial charge in [-0.15, -0.1) is 22.7 Å². The van der Waals surface area contributed by atoms with Crippen LogP contribution in [0.4, 0.5) is 38.5 Å². The molecule has 0 amide bonds. The molecule has 47 heavy (non-hydrogen) atoms. The van der Waals surface area contributed by atoms with Crippen LogP contribution in [0.3, 0.4) is 0 Å². The molecule has 0 unspecified atom stereocenters. The quantitative estimate of drug-likeness (QED) is 0.177. The SMILES string of the molecule is CCc1c2c(cc3c1sc1ccccc13)B1c3ccc4ccsc4c3N(c3ccccc3C)c3cccc(c31)N2c1ccccc1F. The van der Waals surface area contributed by atoms with Crippen LogP contribution in [0.15, 0.2) is 121 Å². The van der Waals surface area contributed by atoms with Crippen LogP contribution in [-0.2, 0) is 6.42 Å². The number of halogens is 1. The average molecular weight is 643 g/mol. The largest absolute Gasteiger partial charge is 0.310 e. The minimum atomic E-state index is -0.222. The van der Waals surface area contributed by atoms with Crippen molar-refractivity contribution in [1.29, 1.82) is 0 Å². The molecule has 0 fully saturated rings. The topological polar surface area (TPSA) is 6.48 Å². The fourth-order valence-corrected chi connectivity index (χ4v) is 10.4. The Morgan fingerprint density at radius 3 is 2.19 bits per heavy atom. The lowest BCUT2D eigenvalue weighted by Crippen LogP contribution is -2.61. The van der Waals surface area contributed by atoms with Crippen molar-refractivity contribution < 1.29 is 4.39 Å². The van der Waals surface area contributed by atoms with E-state index in [1.807, 2.05) is 34.8 Å². The first kappa shape index (κ1) is 27.2. The zero-order valence-electron chi connectivity index (χ0n) is 25.9. The highest BCUT2D eigenvalue weighted by Crippen LogP contribution is 2.50. The molecule has 224 valence electrons. The number of anilines is 6. The lowest BCUT2D eigenvalue weighted by atomic mass is 9.33. The summed E-state index contributed by atoms with van der Waals surface area (Å²) in [5.74, 6) is -0.222. The Balaban J connectivity index is 1.40. The minimum absolute atomic E-state index is 0.0191. The van der Waals surface area contributed by atoms with E-state index in [0.29, 0.717) is 5.69 Å². The van der Waals surface area contributed by atoms with Gasteiger partial charge in [-0.05, 0) is 94.1 Å². The van der Waals surface area contributed by atoms with E-state index in [1.165, 1.54) is 69.1 Å². The zero-order valence-corrected chi connectivity index (χ0v) is 27.6. The van der Waals surface area contributed by atoms with E-state index in [-0.39, 0.29) is 12.5 Å². The van der Waals surface area contributed by atoms with Crippen molar-refractivity contribution in [2.45, 2.75) is 20.3 Å². The zero-order chi connectivity index (χ0) is 31.4. The van der Waals surface area contributed by atoms with Gasteiger partial charge in [0, 0.05) is 42.9 Å². The molecule has 0 saturated heterocycles. The summed E-state index contributed by atoms with van der Waals surface area (Å²) in [5, 5.41) is 6.03. The predicted molar refractivity (Wildman–Crippen MR) is 203 cm³/mol. The molecule has 4 heterocycles. The van der Waals surface area contributed by atoms with Gasteiger partial charge in [0.15, 0.2) is 0 Å². The van der Waals surface area contributed by atoms with Crippen molar-refractivity contribution in [3.8, 4) is 0 Å². The van der Waals surface area contributed by atoms with Crippen molar-refractivity contribution >= 4 is 110 Å². The Morgan fingerprint density at radius 1 is 0.660 bits per heavy atom. The second kappa shape index (κ2) is 10.0. The highest BCUT2D eigenvalue weighted by atomic mass is 32.1. The summed E-state index contributed by atoms with van der Waals surface area (Å²) in [6.07, 6.45) is 0.839. The first-order valence-electron chi connectivity index (χ1n) is 16.1. The predicted octanol–water partition coefficient (Wildman–Crippen LogP) is 10.4. The van der Waals surface area contributed by atoms with Gasteiger partial charge in [0.05, 0.1) is 16.1 Å². The molecule has 0 radical (unpaired) electrons. The average Bonchev–Trinajstić information content (AvgIpc) is 3.73. The summed E-state index contributed by atoms with van der Waals surface area (Å²) in [5.41, 5.74) is 12.5. The van der Waals surface area contributed by atoms with Crippen LogP contribution in [0, 0.1) is 12.7 Å². The Morgan fingerprint density at radius 2 is 1.38 bits per heavy atom. The van der Waals surface area contributed by atoms with Crippen LogP contribution in [0.1, 0.15) is 18.1 Å². The third-order valence-corrected chi connectivity index (χ3v) is 12.3. The van der Waals surface area contributed by atoms with E-state index in [1.54, 1.807) is 12.1 Å². The van der Waals surface area contributed by atoms with E-state index in [2.05, 4.69) is 120 Å². The van der Waals surface area contributed by atoms with Crippen LogP contribution in [-0.4, -0.2) is 6.71 Å². The number of hydrogen-bond donors (Lipinski definition) is 0. The molecule has 0 spiro atoms. The molecule has 2 aliphatic heterocycles. The van der Waals surface area contributed by atoms with Crippen LogP contribution in [0.5, 0.6) is 0 Å². The number of nitrogens with zero attached hydrogens (tertiary/aromatic N) is 2. The van der Waals surface area contributed by atoms with Gasteiger partial charge >= 0.3 is 0 Å². The monoisotopic (exact) mass is 642 g/mol. The van der Waals surface area contributed by atoms with Gasteiger partial charge in [-0.1, -0.05) is 79.7 Å². The first-order valence-corrected chi connectivity index (χ1v) is 17.8. The number of benzene rings is 6. The smallest absolute Gasteiger partial charge is 0.252 e. The fourth-order valence-electron chi connectivity index (χ4n) is 8.14. The van der Waals surface area contributed by atoms with Crippen molar-refractivity contribution in [2.75, 3.05) is 9.80 Å². The van der Waals surface area contributed by atoms with Gasteiger partial charge in [0.1, 0.15) is 5.82 Å². The van der Waals surface area contributed by atoms with Crippen molar-refractivity contribution in [3.05, 3.63) is 138 Å². The third kappa shape index (κ3) is 3.65. The van der Waals surface area contributed by atoms with E-state index < -0.39 is 0 Å². The van der Waals surface area contributed by atoms with Crippen LogP contribution in [0.25, 0.3) is 30.3 Å². The maximum Gasteiger partial charge on any atom is 0.252 e. The fraction of sp³-hybridized carbons (Fsp3) is 0.0732. The number of thiophene rings is 2. The van der Waals surface area contributed by atoms with E-state index in [9.17, 15) is 0 Å². The first-order chi connectivity index (χ1) is 23.1. The van der Waals surface area contributed by atoms with Crippen LogP contribution < -0.4 is 26.2 Å². The Hall–Kier alpha value is -4.91. The Kier molecular flexibility index (Phi) is 5.82. The highest BCUT2D eigenvalue weighted by molar-refractivity contribution is 7.26. The minimum Gasteiger partial charge on any atom is -0.310 e. The maximum atomic E-state index is 16.1. The normalized spacial score (nSPS) is 13.4. The molecule has 0 N–H and O–H groups in total. The second-order valence-corrected chi connectivity index (χ2v) is 14.5. The summed E-state index contributed by atoms with van der Waals surface area (Å²) in [6.45, 7) is 4.42. The van der Waals surface area contributed by atoms with E-state index >= 15 is 4.39 Å². The number of hydrogen-bond acceptors (Lipinski definition) is 4. The number of aryl methyl sites for hydroxylation is 2. The van der Waals surface area contributed by atoms with Crippen molar-refractivity contribution in [1.82, 2.24) is 0 Å². The van der Waals surface area contributed by atoms with E-state index in [4.69, 9.17) is 0 Å². The summed E-state index contributed by atoms with van der Waals surface area (Å²) in [7, 11) is 0. The van der Waals surface area contributed by atoms with E-state index in [0.717, 1.165) is 23.5 Å². The Labute approximate surface area is 281 Å². The summed E-state index contributed by atoms with van der Waals surface area (Å²) < 4.78 is 20.0. The number of para-hydroxylation sites is 2. The summed E-state index contributed by atoms with van der Waals surface area (Å²) in [6, 6.07) is 40.6. The second-order valence-electron chi connectivity index (χ2n) is 12.5. The molecule has 6 aromatic carbocycles. The molecule has 0 atom stereocenters. The van der Waals surface area contributed by atoms with Crippen molar-refractivity contribution in [3.63, 3.8) is 0 Å². The van der Waals surface area contributed by atoms with Gasteiger partial charge < -0.3 is 9.80 Å². The highest BCUT2D eigenvalue weighted by Gasteiger charge is 2.45. The molecule has 2 aliphatic rings. The maximum absolute atomic E-state index is 16.1. The molecule has 10 rings (SSSR count). The van der Waals surface area contributed by atoms with Crippen molar-refractivity contribution in [2.24, 2.45) is 0 Å². The number of fused-ring (bicyclic) bond motifs is 9. The van der Waals surface area contributed by atoms with Gasteiger partial charge in [-0.3, -0.25) is 0 Å². The summed E-state index contributed by atoms with van der Waals surface area (Å²) in [4.78, 5) is 4.70. The lowest BCUT2D eigenvalue weighted by Gasteiger charge is -2.45. The Bertz CT molecular complexity index is 2580. The van der Waals surface area contributed by atoms with Gasteiger partial charge in [0.25, 0.3) is 6.71 Å². The standard InChI is InChI=1S/C41H28BFN2S2/c1-3-26-38-30(23-28-27-12-5-9-18-36(27)47-41(26)28)42-29-20-19-25-21-22-46-40(25)39(29)44(32-14-7-4-11-24(32)2)34-16-10-17-35(37(34)42)45(38)33-15-8-6-13-31(33)43/h4-23H,3H2,1-2H3. The van der Waals surface area contributed by atoms with Gasteiger partial charge in [0.2, 0.25) is 0 Å². The number of rotatable bonds is 3. The lowest BCUT2D eigenvalue weighted by molar-refractivity contribution is 0.629. The van der Waals surface area contributed by atoms with Gasteiger partial charge in [-0.2, -0.15) is 0 Å². The molecule has 6 heteroatoms. The van der Waals surface area contributed by atoms with Gasteiger partial charge in [-0.25, -0.2) is 4.39 Å². The third-order valence-electron chi connectivity index (χ3n) is 10.1. The molecule has 8 aromatic rings. The van der Waals surface area contributed by atoms with Crippen LogP contribution in [0.2, 0.25) is 0 Å². The molecular weight excluding hydrogens is 614 g/mol. The molecule has 0 aliphatic carbocycles. The van der Waals surface area contributed by atoms with Crippen LogP contribution >= 0.6 is 22.7 Å². The molecule has 2 aromatic heterocycles. The molecule has 2 nitrogen and oxygen atoms in total. The molecule has 0 saturated carbocycles. The summed E-state index contributed by atoms with van der Waals surface area (Å²) >= 11 is 3.67. The molecule has 0 bridgehead atoms.